The number of nitrogens with two attached hydrogens (primary N) is 1. The zero-order chi connectivity index (χ0) is 32.6. The Morgan fingerprint density at radius 3 is 1.47 bits per heavy atom. The van der Waals surface area contributed by atoms with Crippen molar-refractivity contribution in [3.8, 4) is 0 Å². The van der Waals surface area contributed by atoms with Gasteiger partial charge in [-0.05, 0) is 30.2 Å². The predicted octanol–water partition coefficient (Wildman–Crippen LogP) is -0.649. The zero-order valence-electron chi connectivity index (χ0n) is 25.1. The van der Waals surface area contributed by atoms with E-state index in [1.54, 1.807) is 61.6 Å². The standard InChI is InChI=1S/C33H40N6O6/c1-35-26(18-23-13-7-3-8-14-23)31(43)36-20-29(41)37-27(19-24-15-9-4-10-16-24)32(44)39-28(21-40)33(45)38-25(30(34)42)17-22-11-5-2-6-12-22/h2-16,25-28,35,40H,17-21H2,1H3,(H2,34,42)(H,36,43)(H,37,41)(H,38,45)(H,39,44)/t25?,26?,27?,28-/m0/s1. The number of rotatable bonds is 17. The number of carbonyl (C=O) groups is 5. The van der Waals surface area contributed by atoms with Gasteiger partial charge in [-0.25, -0.2) is 0 Å². The van der Waals surface area contributed by atoms with Crippen LogP contribution in [-0.4, -0.2) is 79.0 Å². The van der Waals surface area contributed by atoms with E-state index < -0.39 is 66.9 Å². The van der Waals surface area contributed by atoms with Gasteiger partial charge in [0.05, 0.1) is 19.2 Å². The molecule has 3 aromatic carbocycles. The second-order valence-corrected chi connectivity index (χ2v) is 10.5. The highest BCUT2D eigenvalue weighted by Crippen LogP contribution is 2.07. The summed E-state index contributed by atoms with van der Waals surface area (Å²) >= 11 is 0. The lowest BCUT2D eigenvalue weighted by molar-refractivity contribution is -0.134. The van der Waals surface area contributed by atoms with Crippen LogP contribution in [0.5, 0.6) is 0 Å². The molecule has 4 atom stereocenters. The first kappa shape index (κ1) is 34.4. The number of amides is 5. The molecular formula is C33H40N6O6. The lowest BCUT2D eigenvalue weighted by Crippen LogP contribution is -2.58. The number of hydrogen-bond acceptors (Lipinski definition) is 7. The van der Waals surface area contributed by atoms with Crippen molar-refractivity contribution in [2.24, 2.45) is 5.73 Å². The predicted molar refractivity (Wildman–Crippen MR) is 168 cm³/mol. The number of likely N-dealkylation sites (N-methyl/N-ethyl adjacent to an activating group) is 1. The Labute approximate surface area is 262 Å². The topological polar surface area (TPSA) is 192 Å². The van der Waals surface area contributed by atoms with E-state index in [4.69, 9.17) is 5.73 Å². The molecule has 3 rings (SSSR count). The summed E-state index contributed by atoms with van der Waals surface area (Å²) in [6.45, 7) is -1.17. The summed E-state index contributed by atoms with van der Waals surface area (Å²) in [7, 11) is 1.65. The number of nitrogens with one attached hydrogen (secondary N) is 5. The van der Waals surface area contributed by atoms with Crippen molar-refractivity contribution in [2.75, 3.05) is 20.2 Å². The van der Waals surface area contributed by atoms with Crippen molar-refractivity contribution in [3.63, 3.8) is 0 Å². The first-order valence-corrected chi connectivity index (χ1v) is 14.6. The van der Waals surface area contributed by atoms with Crippen molar-refractivity contribution in [3.05, 3.63) is 108 Å². The van der Waals surface area contributed by atoms with Crippen LogP contribution in [0, 0.1) is 0 Å². The van der Waals surface area contributed by atoms with E-state index in [9.17, 15) is 29.1 Å². The second kappa shape index (κ2) is 17.9. The van der Waals surface area contributed by atoms with Gasteiger partial charge in [-0.2, -0.15) is 0 Å². The molecule has 0 aliphatic heterocycles. The van der Waals surface area contributed by atoms with Gasteiger partial charge in [0.2, 0.25) is 29.5 Å². The monoisotopic (exact) mass is 616 g/mol. The van der Waals surface area contributed by atoms with Gasteiger partial charge in [-0.1, -0.05) is 91.0 Å². The average molecular weight is 617 g/mol. The van der Waals surface area contributed by atoms with Crippen molar-refractivity contribution >= 4 is 29.5 Å². The van der Waals surface area contributed by atoms with Gasteiger partial charge in [0.15, 0.2) is 0 Å². The number of benzene rings is 3. The second-order valence-electron chi connectivity index (χ2n) is 10.5. The summed E-state index contributed by atoms with van der Waals surface area (Å²) in [5.74, 6) is -3.37. The number of aliphatic hydroxyl groups excluding tert-OH is 1. The maximum absolute atomic E-state index is 13.4. The van der Waals surface area contributed by atoms with Gasteiger partial charge >= 0.3 is 0 Å². The van der Waals surface area contributed by atoms with Crippen molar-refractivity contribution in [1.82, 2.24) is 26.6 Å². The van der Waals surface area contributed by atoms with Gasteiger partial charge in [0, 0.05) is 12.8 Å². The fourth-order valence-electron chi connectivity index (χ4n) is 4.58. The molecule has 0 bridgehead atoms. The van der Waals surface area contributed by atoms with Crippen LogP contribution >= 0.6 is 0 Å². The molecule has 3 aromatic rings. The number of hydrogen-bond donors (Lipinski definition) is 7. The Hall–Kier alpha value is -5.07. The van der Waals surface area contributed by atoms with Crippen LogP contribution in [-0.2, 0) is 43.2 Å². The molecular weight excluding hydrogens is 576 g/mol. The number of carbonyl (C=O) groups excluding carboxylic acids is 5. The van der Waals surface area contributed by atoms with Gasteiger partial charge < -0.3 is 37.4 Å². The Kier molecular flexibility index (Phi) is 13.7. The SMILES string of the molecule is CNC(Cc1ccccc1)C(=O)NCC(=O)NC(Cc1ccccc1)C(=O)N[C@@H](CO)C(=O)NC(Cc1ccccc1)C(N)=O. The fourth-order valence-corrected chi connectivity index (χ4v) is 4.58. The summed E-state index contributed by atoms with van der Waals surface area (Å²) < 4.78 is 0. The van der Waals surface area contributed by atoms with E-state index in [1.807, 2.05) is 36.4 Å². The lowest BCUT2D eigenvalue weighted by Gasteiger charge is -2.24. The Morgan fingerprint density at radius 2 is 1.02 bits per heavy atom. The molecule has 5 amide bonds. The molecule has 8 N–H and O–H groups in total. The summed E-state index contributed by atoms with van der Waals surface area (Å²) in [5, 5.41) is 23.0. The van der Waals surface area contributed by atoms with E-state index in [2.05, 4.69) is 26.6 Å². The van der Waals surface area contributed by atoms with Crippen molar-refractivity contribution < 1.29 is 29.1 Å². The molecule has 238 valence electrons. The third-order valence-electron chi connectivity index (χ3n) is 7.06. The zero-order valence-corrected chi connectivity index (χ0v) is 25.1. The summed E-state index contributed by atoms with van der Waals surface area (Å²) in [6, 6.07) is 23.0. The number of primary amides is 1. The molecule has 0 aromatic heterocycles. The van der Waals surface area contributed by atoms with E-state index in [0.29, 0.717) is 6.42 Å². The Bertz CT molecular complexity index is 1410. The van der Waals surface area contributed by atoms with E-state index in [1.165, 1.54) is 0 Å². The molecule has 0 saturated carbocycles. The molecule has 0 aliphatic rings. The van der Waals surface area contributed by atoms with E-state index in [0.717, 1.165) is 16.7 Å². The summed E-state index contributed by atoms with van der Waals surface area (Å²) in [6.07, 6.45) is 0.597. The third kappa shape index (κ3) is 11.5. The Morgan fingerprint density at radius 1 is 0.600 bits per heavy atom. The Balaban J connectivity index is 1.64. The molecule has 45 heavy (non-hydrogen) atoms. The van der Waals surface area contributed by atoms with Crippen LogP contribution in [0.3, 0.4) is 0 Å². The van der Waals surface area contributed by atoms with Gasteiger partial charge in [0.25, 0.3) is 0 Å². The maximum Gasteiger partial charge on any atom is 0.245 e. The molecule has 0 heterocycles. The lowest BCUT2D eigenvalue weighted by atomic mass is 10.0. The van der Waals surface area contributed by atoms with Crippen LogP contribution < -0.4 is 32.3 Å². The molecule has 0 radical (unpaired) electrons. The van der Waals surface area contributed by atoms with Gasteiger partial charge in [-0.3, -0.25) is 24.0 Å². The summed E-state index contributed by atoms with van der Waals surface area (Å²) in [4.78, 5) is 64.1. The highest BCUT2D eigenvalue weighted by atomic mass is 16.3. The van der Waals surface area contributed by atoms with E-state index in [-0.39, 0.29) is 12.8 Å². The van der Waals surface area contributed by atoms with Crippen molar-refractivity contribution in [2.45, 2.75) is 43.4 Å². The number of aliphatic hydroxyl groups is 1. The quantitative estimate of drug-likeness (QED) is 0.105. The molecule has 0 saturated heterocycles. The highest BCUT2D eigenvalue weighted by molar-refractivity contribution is 5.95. The first-order valence-electron chi connectivity index (χ1n) is 14.6. The minimum atomic E-state index is -1.43. The van der Waals surface area contributed by atoms with Crippen LogP contribution in [0.4, 0.5) is 0 Å². The fraction of sp³-hybridized carbons (Fsp3) is 0.303. The average Bonchev–Trinajstić information content (AvgIpc) is 3.05. The molecule has 0 spiro atoms. The van der Waals surface area contributed by atoms with Crippen LogP contribution in [0.25, 0.3) is 0 Å². The third-order valence-corrected chi connectivity index (χ3v) is 7.06. The first-order chi connectivity index (χ1) is 21.7. The molecule has 12 heteroatoms. The van der Waals surface area contributed by atoms with Crippen LogP contribution in [0.15, 0.2) is 91.0 Å². The minimum absolute atomic E-state index is 0.0667. The van der Waals surface area contributed by atoms with Gasteiger partial charge in [0.1, 0.15) is 18.1 Å². The van der Waals surface area contributed by atoms with Crippen LogP contribution in [0.2, 0.25) is 0 Å². The molecule has 0 fully saturated rings. The largest absolute Gasteiger partial charge is 0.394 e. The van der Waals surface area contributed by atoms with Gasteiger partial charge in [-0.15, -0.1) is 0 Å². The highest BCUT2D eigenvalue weighted by Gasteiger charge is 2.29. The molecule has 12 nitrogen and oxygen atoms in total. The van der Waals surface area contributed by atoms with E-state index >= 15 is 0 Å². The normalized spacial score (nSPS) is 13.4. The van der Waals surface area contributed by atoms with Crippen LogP contribution in [0.1, 0.15) is 16.7 Å². The summed E-state index contributed by atoms with van der Waals surface area (Å²) in [5.41, 5.74) is 7.92. The minimum Gasteiger partial charge on any atom is -0.394 e. The smallest absolute Gasteiger partial charge is 0.245 e. The molecule has 0 aliphatic carbocycles. The van der Waals surface area contributed by atoms with Crippen molar-refractivity contribution in [1.29, 1.82) is 0 Å². The maximum atomic E-state index is 13.4. The molecule has 3 unspecified atom stereocenters.